The second kappa shape index (κ2) is 7.66. The van der Waals surface area contributed by atoms with Gasteiger partial charge in [0.15, 0.2) is 0 Å². The Balaban J connectivity index is 1.71. The molecular weight excluding hydrogens is 384 g/mol. The molecule has 0 aromatic heterocycles. The van der Waals surface area contributed by atoms with Crippen molar-refractivity contribution < 1.29 is 14.4 Å². The van der Waals surface area contributed by atoms with Crippen LogP contribution < -0.4 is 0 Å². The number of fused-ring (bicyclic) bond motifs is 2. The Morgan fingerprint density at radius 3 is 2.32 bits per heavy atom. The van der Waals surface area contributed by atoms with Crippen LogP contribution in [0.2, 0.25) is 0 Å². The molecule has 0 amide bonds. The van der Waals surface area contributed by atoms with E-state index in [0.29, 0.717) is 55.1 Å². The lowest BCUT2D eigenvalue weighted by Crippen LogP contribution is -2.63. The topological polar surface area (TPSA) is 51.2 Å². The quantitative estimate of drug-likeness (QED) is 0.503. The summed E-state index contributed by atoms with van der Waals surface area (Å²) in [5.74, 6) is 2.88. The molecule has 0 saturated heterocycles. The van der Waals surface area contributed by atoms with Gasteiger partial charge in [0.05, 0.1) is 0 Å². The molecule has 1 spiro atoms. The number of Topliss-reactive ketones (excluding diaryl/α,β-unsaturated/α-hetero) is 3. The summed E-state index contributed by atoms with van der Waals surface area (Å²) in [5, 5.41) is 0. The number of hydrogen-bond donors (Lipinski definition) is 0. The van der Waals surface area contributed by atoms with Gasteiger partial charge in [0, 0.05) is 37.0 Å². The van der Waals surface area contributed by atoms with E-state index in [4.69, 9.17) is 0 Å². The van der Waals surface area contributed by atoms with Crippen molar-refractivity contribution in [2.24, 2.45) is 51.8 Å². The highest BCUT2D eigenvalue weighted by atomic mass is 16.1. The van der Waals surface area contributed by atoms with Crippen LogP contribution in [0.4, 0.5) is 0 Å². The number of carbonyl (C=O) groups is 3. The summed E-state index contributed by atoms with van der Waals surface area (Å²) in [5.41, 5.74) is -0.822. The predicted molar refractivity (Wildman–Crippen MR) is 123 cm³/mol. The lowest BCUT2D eigenvalue weighted by molar-refractivity contribution is -0.180. The summed E-state index contributed by atoms with van der Waals surface area (Å²) in [6.07, 6.45) is 10.5. The van der Waals surface area contributed by atoms with Crippen molar-refractivity contribution in [3.63, 3.8) is 0 Å². The third kappa shape index (κ3) is 3.16. The van der Waals surface area contributed by atoms with E-state index in [1.165, 1.54) is 0 Å². The van der Waals surface area contributed by atoms with E-state index in [-0.39, 0.29) is 34.2 Å². The summed E-state index contributed by atoms with van der Waals surface area (Å²) in [6.45, 7) is 13.7. The molecule has 4 aliphatic carbocycles. The van der Waals surface area contributed by atoms with E-state index < -0.39 is 5.41 Å². The Morgan fingerprint density at radius 2 is 1.65 bits per heavy atom. The molecule has 8 atom stereocenters. The maximum absolute atomic E-state index is 13.8. The maximum Gasteiger partial charge on any atom is 0.140 e. The molecule has 4 fully saturated rings. The van der Waals surface area contributed by atoms with Gasteiger partial charge >= 0.3 is 0 Å². The van der Waals surface area contributed by atoms with Gasteiger partial charge in [-0.25, -0.2) is 0 Å². The molecule has 4 aliphatic rings. The van der Waals surface area contributed by atoms with Crippen LogP contribution in [0.3, 0.4) is 0 Å². The van der Waals surface area contributed by atoms with Crippen LogP contribution in [0, 0.1) is 51.8 Å². The zero-order chi connectivity index (χ0) is 22.8. The molecule has 0 radical (unpaired) electrons. The summed E-state index contributed by atoms with van der Waals surface area (Å²) in [6, 6.07) is 0. The first-order valence-corrected chi connectivity index (χ1v) is 12.7. The Hall–Kier alpha value is -1.25. The number of allylic oxidation sites excluding steroid dienone is 2. The standard InChI is InChI=1S/C28H42O3/c1-17(2)18(3)7-8-19(4)21-9-10-25(31)28-16-23(30)22-15-20(29)11-13-26(22,5)24(28)12-14-27(21,28)6/h7-8,17-19,21-22,24H,9-16H2,1-6H3/t18-,19+,21+,22-,24+,26-,27+,28-/m0/s1. The van der Waals surface area contributed by atoms with Crippen LogP contribution in [0.5, 0.6) is 0 Å². The second-order valence-electron chi connectivity index (χ2n) is 12.3. The van der Waals surface area contributed by atoms with E-state index in [2.05, 4.69) is 53.7 Å². The van der Waals surface area contributed by atoms with E-state index in [9.17, 15) is 14.4 Å². The van der Waals surface area contributed by atoms with Gasteiger partial charge in [0.1, 0.15) is 17.3 Å². The minimum atomic E-state index is -0.510. The highest BCUT2D eigenvalue weighted by molar-refractivity contribution is 5.98. The van der Waals surface area contributed by atoms with E-state index in [1.807, 2.05) is 0 Å². The maximum atomic E-state index is 13.8. The van der Waals surface area contributed by atoms with Crippen molar-refractivity contribution in [2.45, 2.75) is 92.9 Å². The third-order valence-corrected chi connectivity index (χ3v) is 10.8. The molecule has 0 aromatic rings. The lowest BCUT2D eigenvalue weighted by Gasteiger charge is -2.62. The Kier molecular flexibility index (Phi) is 5.67. The molecule has 31 heavy (non-hydrogen) atoms. The summed E-state index contributed by atoms with van der Waals surface area (Å²) in [7, 11) is 0. The zero-order valence-electron chi connectivity index (χ0n) is 20.5. The molecule has 4 rings (SSSR count). The Bertz CT molecular complexity index is 809. The average Bonchev–Trinajstić information content (AvgIpc) is 3.03. The first-order chi connectivity index (χ1) is 14.5. The van der Waals surface area contributed by atoms with Crippen molar-refractivity contribution >= 4 is 17.3 Å². The van der Waals surface area contributed by atoms with Crippen molar-refractivity contribution in [1.82, 2.24) is 0 Å². The molecule has 0 bridgehead atoms. The first kappa shape index (κ1) is 22.9. The summed E-state index contributed by atoms with van der Waals surface area (Å²) >= 11 is 0. The minimum Gasteiger partial charge on any atom is -0.300 e. The lowest BCUT2D eigenvalue weighted by atomic mass is 9.40. The highest BCUT2D eigenvalue weighted by Crippen LogP contribution is 2.74. The normalized spacial score (nSPS) is 44.9. The smallest absolute Gasteiger partial charge is 0.140 e. The van der Waals surface area contributed by atoms with Crippen LogP contribution in [-0.4, -0.2) is 17.3 Å². The van der Waals surface area contributed by atoms with E-state index in [1.54, 1.807) is 0 Å². The van der Waals surface area contributed by atoms with Gasteiger partial charge in [-0.2, -0.15) is 0 Å². The van der Waals surface area contributed by atoms with Gasteiger partial charge in [0.25, 0.3) is 0 Å². The molecule has 172 valence electrons. The molecule has 3 heteroatoms. The molecule has 3 nitrogen and oxygen atoms in total. The Morgan fingerprint density at radius 1 is 0.935 bits per heavy atom. The van der Waals surface area contributed by atoms with Crippen molar-refractivity contribution in [3.05, 3.63) is 12.2 Å². The van der Waals surface area contributed by atoms with Crippen molar-refractivity contribution in [2.75, 3.05) is 0 Å². The molecule has 4 saturated carbocycles. The number of carbonyl (C=O) groups excluding carboxylic acids is 3. The molecule has 0 aromatic carbocycles. The van der Waals surface area contributed by atoms with Crippen molar-refractivity contribution in [1.29, 1.82) is 0 Å². The van der Waals surface area contributed by atoms with Gasteiger partial charge in [-0.3, -0.25) is 14.4 Å². The van der Waals surface area contributed by atoms with Gasteiger partial charge in [-0.15, -0.1) is 0 Å². The van der Waals surface area contributed by atoms with Crippen LogP contribution in [-0.2, 0) is 14.4 Å². The summed E-state index contributed by atoms with van der Waals surface area (Å²) in [4.78, 5) is 39.5. The van der Waals surface area contributed by atoms with Crippen LogP contribution in [0.1, 0.15) is 92.9 Å². The molecule has 0 aliphatic heterocycles. The number of rotatable bonds is 4. The van der Waals surface area contributed by atoms with Crippen LogP contribution >= 0.6 is 0 Å². The molecule has 0 N–H and O–H groups in total. The molecular formula is C28H42O3. The highest BCUT2D eigenvalue weighted by Gasteiger charge is 2.73. The molecule has 0 heterocycles. The fourth-order valence-corrected chi connectivity index (χ4v) is 8.48. The molecule has 0 unspecified atom stereocenters. The largest absolute Gasteiger partial charge is 0.300 e. The van der Waals surface area contributed by atoms with E-state index in [0.717, 1.165) is 25.7 Å². The van der Waals surface area contributed by atoms with Gasteiger partial charge in [-0.05, 0) is 66.1 Å². The first-order valence-electron chi connectivity index (χ1n) is 12.7. The minimum absolute atomic E-state index is 0.122. The van der Waals surface area contributed by atoms with Gasteiger partial charge < -0.3 is 0 Å². The second-order valence-corrected chi connectivity index (χ2v) is 12.3. The SMILES string of the molecule is CC(C)[C@@H](C)C=C[C@@H](C)[C@H]1CCC(=O)[C@]23CC(=O)[C@@H]4CC(=O)CC[C@]4(C)[C@H]2CC[C@]13C. The van der Waals surface area contributed by atoms with Gasteiger partial charge in [0.2, 0.25) is 0 Å². The van der Waals surface area contributed by atoms with Crippen molar-refractivity contribution in [3.8, 4) is 0 Å². The fourth-order valence-electron chi connectivity index (χ4n) is 8.48. The number of hydrogen-bond acceptors (Lipinski definition) is 3. The Labute approximate surface area is 188 Å². The predicted octanol–water partition coefficient (Wildman–Crippen LogP) is 6.20. The average molecular weight is 427 g/mol. The third-order valence-electron chi connectivity index (χ3n) is 10.8. The number of ketones is 3. The fraction of sp³-hybridized carbons (Fsp3) is 0.821. The monoisotopic (exact) mass is 426 g/mol. The van der Waals surface area contributed by atoms with E-state index >= 15 is 0 Å². The van der Waals surface area contributed by atoms with Crippen LogP contribution in [0.15, 0.2) is 12.2 Å². The summed E-state index contributed by atoms with van der Waals surface area (Å²) < 4.78 is 0. The van der Waals surface area contributed by atoms with Crippen LogP contribution in [0.25, 0.3) is 0 Å². The van der Waals surface area contributed by atoms with Gasteiger partial charge in [-0.1, -0.05) is 53.7 Å². The zero-order valence-corrected chi connectivity index (χ0v) is 20.5.